The van der Waals surface area contributed by atoms with E-state index in [2.05, 4.69) is 60.7 Å². The summed E-state index contributed by atoms with van der Waals surface area (Å²) in [4.78, 5) is 0. The van der Waals surface area contributed by atoms with Crippen LogP contribution in [0.1, 0.15) is 40.5 Å². The third-order valence-electron chi connectivity index (χ3n) is 5.99. The second kappa shape index (κ2) is 9.33. The van der Waals surface area contributed by atoms with E-state index in [-0.39, 0.29) is 19.1 Å². The Morgan fingerprint density at radius 2 is 1.70 bits per heavy atom. The summed E-state index contributed by atoms with van der Waals surface area (Å²) in [5.41, 5.74) is 10.8. The van der Waals surface area contributed by atoms with Crippen molar-refractivity contribution in [2.45, 2.75) is 30.8 Å². The van der Waals surface area contributed by atoms with Crippen molar-refractivity contribution in [1.29, 1.82) is 0 Å². The molecule has 4 rings (SSSR count). The van der Waals surface area contributed by atoms with Gasteiger partial charge in [-0.3, -0.25) is 0 Å². The number of nitrogens with two attached hydrogens (primary N) is 1. The van der Waals surface area contributed by atoms with Crippen LogP contribution in [0.15, 0.2) is 72.8 Å². The summed E-state index contributed by atoms with van der Waals surface area (Å²) in [6.07, 6.45) is 1.49. The fourth-order valence-electron chi connectivity index (χ4n) is 4.43. The number of benzene rings is 3. The minimum Gasteiger partial charge on any atom is -0.497 e. The highest BCUT2D eigenvalue weighted by Crippen LogP contribution is 2.47. The van der Waals surface area contributed by atoms with Crippen LogP contribution >= 0.6 is 0 Å². The van der Waals surface area contributed by atoms with Crippen LogP contribution in [0.5, 0.6) is 11.5 Å². The summed E-state index contributed by atoms with van der Waals surface area (Å²) >= 11 is 0. The van der Waals surface area contributed by atoms with Gasteiger partial charge in [0.1, 0.15) is 24.2 Å². The zero-order chi connectivity index (χ0) is 20.9. The Kier molecular flexibility index (Phi) is 6.36. The lowest BCUT2D eigenvalue weighted by atomic mass is 9.69. The highest BCUT2D eigenvalue weighted by Gasteiger charge is 2.32. The standard InChI is InChI=1S/C26H29NO3/c1-29-23-12-14-25-20(15-23)9-13-24(18-5-3-2-4-6-18)26(25)19-7-10-22(11-8-19)30-17-21(28)16-27/h2-8,10-12,14-15,21,24,26,28H,9,13,16-17,27H2,1H3. The number of aliphatic hydroxyl groups excluding tert-OH is 1. The summed E-state index contributed by atoms with van der Waals surface area (Å²) in [5.74, 6) is 2.34. The van der Waals surface area contributed by atoms with Gasteiger partial charge < -0.3 is 20.3 Å². The molecule has 3 atom stereocenters. The van der Waals surface area contributed by atoms with Crippen molar-refractivity contribution in [3.63, 3.8) is 0 Å². The molecular weight excluding hydrogens is 374 g/mol. The van der Waals surface area contributed by atoms with Crippen molar-refractivity contribution in [2.75, 3.05) is 20.3 Å². The molecule has 3 unspecified atom stereocenters. The lowest BCUT2D eigenvalue weighted by Gasteiger charge is -2.35. The number of methoxy groups -OCH3 is 1. The Bertz CT molecular complexity index is 956. The number of rotatable bonds is 7. The van der Waals surface area contributed by atoms with Gasteiger partial charge in [-0.1, -0.05) is 48.5 Å². The summed E-state index contributed by atoms with van der Waals surface area (Å²) < 4.78 is 11.1. The molecule has 0 spiro atoms. The minimum absolute atomic E-state index is 0.194. The Morgan fingerprint density at radius 3 is 2.40 bits per heavy atom. The molecule has 3 aromatic rings. The molecule has 4 nitrogen and oxygen atoms in total. The summed E-state index contributed by atoms with van der Waals surface area (Å²) in [6.45, 7) is 0.397. The highest BCUT2D eigenvalue weighted by atomic mass is 16.5. The maximum atomic E-state index is 9.63. The molecule has 30 heavy (non-hydrogen) atoms. The van der Waals surface area contributed by atoms with E-state index in [0.717, 1.165) is 24.3 Å². The van der Waals surface area contributed by atoms with Gasteiger partial charge in [-0.25, -0.2) is 0 Å². The molecule has 1 aliphatic rings. The quantitative estimate of drug-likeness (QED) is 0.619. The average molecular weight is 404 g/mol. The number of fused-ring (bicyclic) bond motifs is 1. The van der Waals surface area contributed by atoms with Crippen molar-refractivity contribution in [3.8, 4) is 11.5 Å². The molecule has 0 radical (unpaired) electrons. The molecule has 4 heteroatoms. The molecule has 0 fully saturated rings. The second-order valence-corrected chi connectivity index (χ2v) is 7.87. The van der Waals surface area contributed by atoms with Gasteiger partial charge in [0.05, 0.1) is 7.11 Å². The minimum atomic E-state index is -0.646. The molecule has 0 heterocycles. The van der Waals surface area contributed by atoms with Gasteiger partial charge >= 0.3 is 0 Å². The van der Waals surface area contributed by atoms with Crippen molar-refractivity contribution in [2.24, 2.45) is 5.73 Å². The maximum absolute atomic E-state index is 9.63. The highest BCUT2D eigenvalue weighted by molar-refractivity contribution is 5.48. The summed E-state index contributed by atoms with van der Waals surface area (Å²) in [7, 11) is 1.72. The first-order chi connectivity index (χ1) is 14.7. The number of aryl methyl sites for hydroxylation is 1. The van der Waals surface area contributed by atoms with E-state index in [1.165, 1.54) is 22.3 Å². The smallest absolute Gasteiger partial charge is 0.119 e. The first-order valence-electron chi connectivity index (χ1n) is 10.5. The first kappa shape index (κ1) is 20.5. The van der Waals surface area contributed by atoms with Crippen LogP contribution in [0.4, 0.5) is 0 Å². The van der Waals surface area contributed by atoms with Crippen molar-refractivity contribution < 1.29 is 14.6 Å². The third-order valence-corrected chi connectivity index (χ3v) is 5.99. The van der Waals surface area contributed by atoms with E-state index in [4.69, 9.17) is 15.2 Å². The van der Waals surface area contributed by atoms with Crippen LogP contribution in [-0.2, 0) is 6.42 Å². The predicted molar refractivity (Wildman–Crippen MR) is 119 cm³/mol. The second-order valence-electron chi connectivity index (χ2n) is 7.87. The molecule has 0 amide bonds. The normalized spacial score (nSPS) is 19.0. The fourth-order valence-corrected chi connectivity index (χ4v) is 4.43. The molecular formula is C26H29NO3. The molecule has 0 aliphatic heterocycles. The third kappa shape index (κ3) is 4.35. The molecule has 1 aliphatic carbocycles. The number of aliphatic hydroxyl groups is 1. The number of hydrogen-bond donors (Lipinski definition) is 2. The summed E-state index contributed by atoms with van der Waals surface area (Å²) in [5, 5.41) is 9.63. The van der Waals surface area contributed by atoms with Gasteiger partial charge in [-0.2, -0.15) is 0 Å². The monoisotopic (exact) mass is 403 g/mol. The molecule has 0 saturated heterocycles. The van der Waals surface area contributed by atoms with Crippen LogP contribution < -0.4 is 15.2 Å². The van der Waals surface area contributed by atoms with Gasteiger partial charge in [0.15, 0.2) is 0 Å². The average Bonchev–Trinajstić information content (AvgIpc) is 2.82. The van der Waals surface area contributed by atoms with Crippen molar-refractivity contribution in [3.05, 3.63) is 95.1 Å². The zero-order valence-electron chi connectivity index (χ0n) is 17.3. The van der Waals surface area contributed by atoms with Gasteiger partial charge in [-0.15, -0.1) is 0 Å². The van der Waals surface area contributed by atoms with Gasteiger partial charge in [0.25, 0.3) is 0 Å². The lowest BCUT2D eigenvalue weighted by molar-refractivity contribution is 0.114. The van der Waals surface area contributed by atoms with Gasteiger partial charge in [-0.05, 0) is 65.3 Å². The molecule has 3 aromatic carbocycles. The van der Waals surface area contributed by atoms with Crippen LogP contribution in [0.3, 0.4) is 0 Å². The van der Waals surface area contributed by atoms with Crippen LogP contribution in [0, 0.1) is 0 Å². The van der Waals surface area contributed by atoms with E-state index in [9.17, 15) is 5.11 Å². The van der Waals surface area contributed by atoms with E-state index in [1.807, 2.05) is 12.1 Å². The van der Waals surface area contributed by atoms with Crippen LogP contribution in [-0.4, -0.2) is 31.5 Å². The van der Waals surface area contributed by atoms with E-state index < -0.39 is 6.10 Å². The topological polar surface area (TPSA) is 64.7 Å². The molecule has 0 bridgehead atoms. The number of ether oxygens (including phenoxy) is 2. The first-order valence-corrected chi connectivity index (χ1v) is 10.5. The Balaban J connectivity index is 1.68. The SMILES string of the molecule is COc1ccc2c(c1)CCC(c1ccccc1)C2c1ccc(OCC(O)CN)cc1. The van der Waals surface area contributed by atoms with Crippen molar-refractivity contribution in [1.82, 2.24) is 0 Å². The van der Waals surface area contributed by atoms with Crippen LogP contribution in [0.25, 0.3) is 0 Å². The Morgan fingerprint density at radius 1 is 0.967 bits per heavy atom. The predicted octanol–water partition coefficient (Wildman–Crippen LogP) is 4.26. The van der Waals surface area contributed by atoms with Crippen molar-refractivity contribution >= 4 is 0 Å². The maximum Gasteiger partial charge on any atom is 0.119 e. The Hall–Kier alpha value is -2.82. The largest absolute Gasteiger partial charge is 0.497 e. The van der Waals surface area contributed by atoms with E-state index >= 15 is 0 Å². The molecule has 0 saturated carbocycles. The molecule has 156 valence electrons. The fraction of sp³-hybridized carbons (Fsp3) is 0.308. The zero-order valence-corrected chi connectivity index (χ0v) is 17.3. The number of hydrogen-bond acceptors (Lipinski definition) is 4. The molecule has 0 aromatic heterocycles. The molecule has 3 N–H and O–H groups in total. The summed E-state index contributed by atoms with van der Waals surface area (Å²) in [6, 6.07) is 25.5. The van der Waals surface area contributed by atoms with Crippen LogP contribution in [0.2, 0.25) is 0 Å². The van der Waals surface area contributed by atoms with E-state index in [1.54, 1.807) is 7.11 Å². The van der Waals surface area contributed by atoms with Gasteiger partial charge in [0, 0.05) is 12.5 Å². The Labute approximate surface area is 178 Å². The lowest BCUT2D eigenvalue weighted by Crippen LogP contribution is -2.26. The van der Waals surface area contributed by atoms with E-state index in [0.29, 0.717) is 5.92 Å². The van der Waals surface area contributed by atoms with Gasteiger partial charge in [0.2, 0.25) is 0 Å².